The van der Waals surface area contributed by atoms with Crippen molar-refractivity contribution in [3.05, 3.63) is 70.8 Å². The summed E-state index contributed by atoms with van der Waals surface area (Å²) in [5, 5.41) is 2.89. The van der Waals surface area contributed by atoms with E-state index >= 15 is 0 Å². The summed E-state index contributed by atoms with van der Waals surface area (Å²) in [5.74, 6) is 0.605. The fraction of sp³-hybridized carbons (Fsp3) is 0.227. The van der Waals surface area contributed by atoms with Crippen LogP contribution < -0.4 is 20.5 Å². The van der Waals surface area contributed by atoms with Crippen LogP contribution in [0, 0.1) is 13.8 Å². The van der Waals surface area contributed by atoms with Crippen LogP contribution in [0.2, 0.25) is 0 Å². The quantitative estimate of drug-likeness (QED) is 0.676. The first-order chi connectivity index (χ1) is 14.4. The Morgan fingerprint density at radius 2 is 1.87 bits per heavy atom. The van der Waals surface area contributed by atoms with E-state index in [4.69, 9.17) is 15.2 Å². The summed E-state index contributed by atoms with van der Waals surface area (Å²) < 4.78 is 13.3. The number of nitrogens with two attached hydrogens (primary N) is 1. The number of pyridine rings is 1. The van der Waals surface area contributed by atoms with Crippen molar-refractivity contribution >= 4 is 11.8 Å². The molecule has 4 rings (SSSR count). The van der Waals surface area contributed by atoms with Crippen molar-refractivity contribution in [1.29, 1.82) is 0 Å². The van der Waals surface area contributed by atoms with Gasteiger partial charge in [-0.3, -0.25) is 14.6 Å². The van der Waals surface area contributed by atoms with Crippen LogP contribution in [-0.4, -0.2) is 34.6 Å². The van der Waals surface area contributed by atoms with Crippen molar-refractivity contribution in [2.24, 2.45) is 5.73 Å². The molecular formula is C22H22N4O4. The molecule has 1 aliphatic heterocycles. The van der Waals surface area contributed by atoms with Gasteiger partial charge in [0, 0.05) is 35.9 Å². The van der Waals surface area contributed by atoms with Gasteiger partial charge in [-0.05, 0) is 49.7 Å². The number of rotatable bonds is 5. The number of benzene rings is 1. The molecular weight excluding hydrogens is 384 g/mol. The van der Waals surface area contributed by atoms with Gasteiger partial charge in [0.15, 0.2) is 11.5 Å². The predicted molar refractivity (Wildman–Crippen MR) is 110 cm³/mol. The number of aryl methyl sites for hydroxylation is 1. The van der Waals surface area contributed by atoms with Crippen molar-refractivity contribution in [3.63, 3.8) is 0 Å². The van der Waals surface area contributed by atoms with Gasteiger partial charge in [-0.15, -0.1) is 0 Å². The second kappa shape index (κ2) is 7.90. The first-order valence-electron chi connectivity index (χ1n) is 9.56. The topological polar surface area (TPSA) is 108 Å². The van der Waals surface area contributed by atoms with Crippen molar-refractivity contribution in [3.8, 4) is 17.2 Å². The Kier molecular flexibility index (Phi) is 5.14. The van der Waals surface area contributed by atoms with Gasteiger partial charge in [0.1, 0.15) is 18.9 Å². The summed E-state index contributed by atoms with van der Waals surface area (Å²) in [6, 6.07) is 10.9. The monoisotopic (exact) mass is 406 g/mol. The highest BCUT2D eigenvalue weighted by atomic mass is 16.6. The number of amides is 2. The van der Waals surface area contributed by atoms with Crippen LogP contribution in [0.1, 0.15) is 37.8 Å². The van der Waals surface area contributed by atoms with E-state index < -0.39 is 5.91 Å². The van der Waals surface area contributed by atoms with Gasteiger partial charge < -0.3 is 25.1 Å². The maximum atomic E-state index is 12.8. The zero-order valence-corrected chi connectivity index (χ0v) is 16.8. The molecule has 0 spiro atoms. The van der Waals surface area contributed by atoms with E-state index in [9.17, 15) is 9.59 Å². The van der Waals surface area contributed by atoms with Crippen LogP contribution >= 0.6 is 0 Å². The van der Waals surface area contributed by atoms with E-state index in [1.165, 1.54) is 6.20 Å². The molecule has 0 bridgehead atoms. The van der Waals surface area contributed by atoms with Gasteiger partial charge in [-0.2, -0.15) is 0 Å². The molecule has 3 aromatic rings. The van der Waals surface area contributed by atoms with Crippen LogP contribution in [-0.2, 0) is 6.54 Å². The minimum absolute atomic E-state index is 0.165. The summed E-state index contributed by atoms with van der Waals surface area (Å²) in [5.41, 5.74) is 9.38. The molecule has 0 aliphatic carbocycles. The highest BCUT2D eigenvalue weighted by Crippen LogP contribution is 2.33. The number of hydrogen-bond donors (Lipinski definition) is 2. The number of hydrogen-bond acceptors (Lipinski definition) is 5. The molecule has 8 heteroatoms. The van der Waals surface area contributed by atoms with Gasteiger partial charge in [-0.25, -0.2) is 0 Å². The molecule has 1 aliphatic rings. The maximum Gasteiger partial charge on any atom is 0.267 e. The zero-order chi connectivity index (χ0) is 21.3. The number of carbonyl (C=O) groups is 2. The maximum absolute atomic E-state index is 12.8. The molecule has 1 aromatic carbocycles. The summed E-state index contributed by atoms with van der Waals surface area (Å²) in [6.07, 6.45) is 1.50. The highest BCUT2D eigenvalue weighted by Gasteiger charge is 2.19. The molecule has 8 nitrogen and oxygen atoms in total. The molecule has 0 radical (unpaired) electrons. The average Bonchev–Trinajstić information content (AvgIpc) is 3.06. The van der Waals surface area contributed by atoms with Gasteiger partial charge >= 0.3 is 0 Å². The molecule has 0 atom stereocenters. The molecule has 154 valence electrons. The van der Waals surface area contributed by atoms with Gasteiger partial charge in [-0.1, -0.05) is 0 Å². The molecule has 0 fully saturated rings. The number of primary amides is 1. The fourth-order valence-electron chi connectivity index (χ4n) is 3.56. The third-order valence-corrected chi connectivity index (χ3v) is 4.99. The standard InChI is InChI=1S/C22H22N4O4/c1-13-9-17(22(28)25-12-15-5-6-24-18(10-15)21(23)27)14(2)26(13)16-3-4-19-20(11-16)30-8-7-29-19/h3-6,9-11H,7-8,12H2,1-2H3,(H2,23,27)(H,25,28). The Morgan fingerprint density at radius 1 is 1.10 bits per heavy atom. The number of nitrogens with one attached hydrogen (secondary N) is 1. The highest BCUT2D eigenvalue weighted by molar-refractivity contribution is 5.96. The molecule has 3 N–H and O–H groups in total. The Balaban J connectivity index is 1.55. The first-order valence-corrected chi connectivity index (χ1v) is 9.56. The minimum Gasteiger partial charge on any atom is -0.486 e. The van der Waals surface area contributed by atoms with Crippen LogP contribution in [0.25, 0.3) is 5.69 Å². The van der Waals surface area contributed by atoms with Gasteiger partial charge in [0.05, 0.1) is 5.56 Å². The molecule has 0 unspecified atom stereocenters. The minimum atomic E-state index is -0.605. The SMILES string of the molecule is Cc1cc(C(=O)NCc2ccnc(C(N)=O)c2)c(C)n1-c1ccc2c(c1)OCCO2. The van der Waals surface area contributed by atoms with Gasteiger partial charge in [0.2, 0.25) is 0 Å². The lowest BCUT2D eigenvalue weighted by molar-refractivity contribution is 0.0949. The lowest BCUT2D eigenvalue weighted by atomic mass is 10.2. The third-order valence-electron chi connectivity index (χ3n) is 4.99. The first kappa shape index (κ1) is 19.5. The Morgan fingerprint density at radius 3 is 2.63 bits per heavy atom. The molecule has 2 aromatic heterocycles. The van der Waals surface area contributed by atoms with E-state index in [0.29, 0.717) is 24.5 Å². The number of ether oxygens (including phenoxy) is 2. The second-order valence-corrected chi connectivity index (χ2v) is 7.04. The molecule has 3 heterocycles. The Bertz CT molecular complexity index is 1140. The molecule has 0 saturated heterocycles. The third kappa shape index (κ3) is 3.71. The van der Waals surface area contributed by atoms with E-state index in [1.54, 1.807) is 12.1 Å². The van der Waals surface area contributed by atoms with Crippen molar-refractivity contribution in [2.75, 3.05) is 13.2 Å². The number of carbonyl (C=O) groups excluding carboxylic acids is 2. The summed E-state index contributed by atoms with van der Waals surface area (Å²) >= 11 is 0. The average molecular weight is 406 g/mol. The second-order valence-electron chi connectivity index (χ2n) is 7.04. The van der Waals surface area contributed by atoms with Crippen LogP contribution in [0.5, 0.6) is 11.5 Å². The molecule has 0 saturated carbocycles. The van der Waals surface area contributed by atoms with Crippen LogP contribution in [0.4, 0.5) is 0 Å². The number of fused-ring (bicyclic) bond motifs is 1. The number of aromatic nitrogens is 2. The van der Waals surface area contributed by atoms with E-state index in [1.807, 2.05) is 42.7 Å². The largest absolute Gasteiger partial charge is 0.486 e. The van der Waals surface area contributed by atoms with Crippen LogP contribution in [0.15, 0.2) is 42.6 Å². The van der Waals surface area contributed by atoms with Crippen molar-refractivity contribution < 1.29 is 19.1 Å². The van der Waals surface area contributed by atoms with Crippen molar-refractivity contribution in [2.45, 2.75) is 20.4 Å². The summed E-state index contributed by atoms with van der Waals surface area (Å²) in [6.45, 7) is 5.16. The summed E-state index contributed by atoms with van der Waals surface area (Å²) in [7, 11) is 0. The Hall–Kier alpha value is -3.81. The fourth-order valence-corrected chi connectivity index (χ4v) is 3.56. The lowest BCUT2D eigenvalue weighted by Crippen LogP contribution is -2.24. The van der Waals surface area contributed by atoms with E-state index in [0.717, 1.165) is 28.4 Å². The number of nitrogens with zero attached hydrogens (tertiary/aromatic N) is 2. The smallest absolute Gasteiger partial charge is 0.267 e. The predicted octanol–water partition coefficient (Wildman–Crippen LogP) is 2.29. The molecule has 2 amide bonds. The van der Waals surface area contributed by atoms with E-state index in [2.05, 4.69) is 10.3 Å². The van der Waals surface area contributed by atoms with E-state index in [-0.39, 0.29) is 18.1 Å². The summed E-state index contributed by atoms with van der Waals surface area (Å²) in [4.78, 5) is 28.0. The Labute approximate surface area is 173 Å². The zero-order valence-electron chi connectivity index (χ0n) is 16.8. The lowest BCUT2D eigenvalue weighted by Gasteiger charge is -2.20. The van der Waals surface area contributed by atoms with Crippen LogP contribution in [0.3, 0.4) is 0 Å². The van der Waals surface area contributed by atoms with Gasteiger partial charge in [0.25, 0.3) is 11.8 Å². The normalized spacial score (nSPS) is 12.5. The molecule has 30 heavy (non-hydrogen) atoms. The van der Waals surface area contributed by atoms with Crippen molar-refractivity contribution in [1.82, 2.24) is 14.9 Å².